The number of carbonyl (C=O) groups excluding carboxylic acids is 1. The van der Waals surface area contributed by atoms with Gasteiger partial charge >= 0.3 is 0 Å². The van der Waals surface area contributed by atoms with E-state index in [2.05, 4.69) is 16.8 Å². The van der Waals surface area contributed by atoms with E-state index in [9.17, 15) is 4.79 Å². The zero-order valence-corrected chi connectivity index (χ0v) is 6.82. The Bertz CT molecular complexity index is 407. The molecule has 0 aliphatic rings. The fourth-order valence-corrected chi connectivity index (χ4v) is 0.785. The lowest BCUT2D eigenvalue weighted by molar-refractivity contribution is 0.112. The molecule has 0 radical (unpaired) electrons. The summed E-state index contributed by atoms with van der Waals surface area (Å²) in [6, 6.07) is 5.19. The van der Waals surface area contributed by atoms with Gasteiger partial charge in [-0.3, -0.25) is 4.79 Å². The first-order valence-electron chi connectivity index (χ1n) is 3.64. The number of aromatic nitrogens is 1. The van der Waals surface area contributed by atoms with Crippen molar-refractivity contribution in [1.29, 1.82) is 5.26 Å². The van der Waals surface area contributed by atoms with Gasteiger partial charge in [0.1, 0.15) is 5.69 Å². The Kier molecular flexibility index (Phi) is 3.23. The maximum absolute atomic E-state index is 10.5. The first kappa shape index (κ1) is 8.96. The van der Waals surface area contributed by atoms with Crippen molar-refractivity contribution in [2.75, 3.05) is 0 Å². The molecular weight excluding hydrogens is 164 g/mol. The zero-order chi connectivity index (χ0) is 9.52. The van der Waals surface area contributed by atoms with Crippen molar-refractivity contribution >= 4 is 6.29 Å². The Morgan fingerprint density at radius 2 is 2.46 bits per heavy atom. The van der Waals surface area contributed by atoms with Crippen molar-refractivity contribution in [3.63, 3.8) is 0 Å². The lowest BCUT2D eigenvalue weighted by atomic mass is 10.2. The van der Waals surface area contributed by atoms with Crippen LogP contribution in [0.25, 0.3) is 0 Å². The summed E-state index contributed by atoms with van der Waals surface area (Å²) in [6.07, 6.45) is 2.40. The lowest BCUT2D eigenvalue weighted by Gasteiger charge is -1.91. The second-order valence-corrected chi connectivity index (χ2v) is 2.20. The SMILES string of the molecule is N#CCC#Cc1ncccc1C=O. The van der Waals surface area contributed by atoms with E-state index in [0.717, 1.165) is 0 Å². The average Bonchev–Trinajstić information content (AvgIpc) is 2.19. The second kappa shape index (κ2) is 4.69. The predicted molar refractivity (Wildman–Crippen MR) is 46.7 cm³/mol. The Hall–Kier alpha value is -2.13. The van der Waals surface area contributed by atoms with Gasteiger partial charge in [-0.2, -0.15) is 5.26 Å². The molecule has 1 aromatic heterocycles. The molecule has 0 fully saturated rings. The number of aldehydes is 1. The van der Waals surface area contributed by atoms with Crippen molar-refractivity contribution in [2.45, 2.75) is 6.42 Å². The molecule has 1 aromatic rings. The monoisotopic (exact) mass is 170 g/mol. The third-order valence-electron chi connectivity index (χ3n) is 1.34. The number of hydrogen-bond donors (Lipinski definition) is 0. The third-order valence-corrected chi connectivity index (χ3v) is 1.34. The van der Waals surface area contributed by atoms with Gasteiger partial charge in [0.15, 0.2) is 6.29 Å². The van der Waals surface area contributed by atoms with Gasteiger partial charge in [0, 0.05) is 11.8 Å². The van der Waals surface area contributed by atoms with Crippen molar-refractivity contribution in [3.8, 4) is 17.9 Å². The summed E-state index contributed by atoms with van der Waals surface area (Å²) in [6.45, 7) is 0. The number of carbonyl (C=O) groups is 1. The van der Waals surface area contributed by atoms with Gasteiger partial charge < -0.3 is 0 Å². The molecule has 0 spiro atoms. The standard InChI is InChI=1S/C10H6N2O/c11-6-2-1-5-10-9(8-13)4-3-7-12-10/h3-4,7-8H,2H2. The summed E-state index contributed by atoms with van der Waals surface area (Å²) >= 11 is 0. The molecule has 1 heterocycles. The van der Waals surface area contributed by atoms with Crippen molar-refractivity contribution in [2.24, 2.45) is 0 Å². The highest BCUT2D eigenvalue weighted by Crippen LogP contribution is 1.99. The minimum Gasteiger partial charge on any atom is -0.298 e. The van der Waals surface area contributed by atoms with Crippen LogP contribution in [0, 0.1) is 23.2 Å². The van der Waals surface area contributed by atoms with Gasteiger partial charge in [0.25, 0.3) is 0 Å². The molecule has 62 valence electrons. The zero-order valence-electron chi connectivity index (χ0n) is 6.82. The number of nitrogens with zero attached hydrogens (tertiary/aromatic N) is 2. The second-order valence-electron chi connectivity index (χ2n) is 2.20. The van der Waals surface area contributed by atoms with Crippen LogP contribution in [0.2, 0.25) is 0 Å². The minimum atomic E-state index is 0.148. The summed E-state index contributed by atoms with van der Waals surface area (Å²) < 4.78 is 0. The Morgan fingerprint density at radius 1 is 1.62 bits per heavy atom. The number of hydrogen-bond acceptors (Lipinski definition) is 3. The van der Waals surface area contributed by atoms with E-state index < -0.39 is 0 Å². The highest BCUT2D eigenvalue weighted by molar-refractivity contribution is 5.78. The summed E-state index contributed by atoms with van der Waals surface area (Å²) in [7, 11) is 0. The van der Waals surface area contributed by atoms with Gasteiger partial charge in [-0.1, -0.05) is 5.92 Å². The first-order valence-corrected chi connectivity index (χ1v) is 3.64. The normalized spacial score (nSPS) is 7.92. The molecule has 0 N–H and O–H groups in total. The molecule has 0 aliphatic heterocycles. The Morgan fingerprint density at radius 3 is 3.15 bits per heavy atom. The van der Waals surface area contributed by atoms with Crippen LogP contribution in [0.3, 0.4) is 0 Å². The number of nitriles is 1. The van der Waals surface area contributed by atoms with E-state index >= 15 is 0 Å². The maximum Gasteiger partial charge on any atom is 0.152 e. The fraction of sp³-hybridized carbons (Fsp3) is 0.100. The van der Waals surface area contributed by atoms with Gasteiger partial charge in [0.05, 0.1) is 12.5 Å². The van der Waals surface area contributed by atoms with Crippen LogP contribution in [0.1, 0.15) is 22.5 Å². The van der Waals surface area contributed by atoms with E-state index in [4.69, 9.17) is 5.26 Å². The van der Waals surface area contributed by atoms with Crippen LogP contribution in [0.4, 0.5) is 0 Å². The molecule has 0 atom stereocenters. The molecule has 3 heteroatoms. The fourth-order valence-electron chi connectivity index (χ4n) is 0.785. The Labute approximate surface area is 76.0 Å². The van der Waals surface area contributed by atoms with Crippen LogP contribution in [0.5, 0.6) is 0 Å². The summed E-state index contributed by atoms with van der Waals surface area (Å²) in [4.78, 5) is 14.4. The predicted octanol–water partition coefficient (Wildman–Crippen LogP) is 1.16. The van der Waals surface area contributed by atoms with Crippen LogP contribution in [-0.2, 0) is 0 Å². The molecule has 1 rings (SSSR count). The first-order chi connectivity index (χ1) is 6.38. The third kappa shape index (κ3) is 2.43. The molecule has 0 aliphatic carbocycles. The minimum absolute atomic E-state index is 0.148. The highest BCUT2D eigenvalue weighted by atomic mass is 16.1. The number of rotatable bonds is 1. The van der Waals surface area contributed by atoms with Gasteiger partial charge in [-0.15, -0.1) is 0 Å². The molecule has 0 unspecified atom stereocenters. The smallest absolute Gasteiger partial charge is 0.152 e. The molecule has 3 nitrogen and oxygen atoms in total. The average molecular weight is 170 g/mol. The molecule has 0 bridgehead atoms. The lowest BCUT2D eigenvalue weighted by Crippen LogP contribution is -1.89. The largest absolute Gasteiger partial charge is 0.298 e. The van der Waals surface area contributed by atoms with Crippen LogP contribution in [-0.4, -0.2) is 11.3 Å². The van der Waals surface area contributed by atoms with E-state index in [1.165, 1.54) is 0 Å². The highest BCUT2D eigenvalue weighted by Gasteiger charge is 1.96. The van der Waals surface area contributed by atoms with Crippen LogP contribution < -0.4 is 0 Å². The van der Waals surface area contributed by atoms with Gasteiger partial charge in [-0.05, 0) is 18.1 Å². The molecule has 0 saturated carbocycles. The molecule has 0 saturated heterocycles. The van der Waals surface area contributed by atoms with E-state index in [0.29, 0.717) is 17.5 Å². The summed E-state index contributed by atoms with van der Waals surface area (Å²) in [5.41, 5.74) is 0.876. The van der Waals surface area contributed by atoms with E-state index in [1.807, 2.05) is 6.07 Å². The molecule has 0 amide bonds. The van der Waals surface area contributed by atoms with E-state index in [1.54, 1.807) is 18.3 Å². The van der Waals surface area contributed by atoms with Gasteiger partial charge in [0.2, 0.25) is 0 Å². The quantitative estimate of drug-likeness (QED) is 0.469. The van der Waals surface area contributed by atoms with Crippen molar-refractivity contribution in [1.82, 2.24) is 4.98 Å². The number of pyridine rings is 1. The van der Waals surface area contributed by atoms with Crippen molar-refractivity contribution < 1.29 is 4.79 Å². The topological polar surface area (TPSA) is 53.8 Å². The Balaban J connectivity index is 2.97. The molecule has 13 heavy (non-hydrogen) atoms. The van der Waals surface area contributed by atoms with Crippen LogP contribution >= 0.6 is 0 Å². The molecule has 0 aromatic carbocycles. The molecular formula is C10H6N2O. The van der Waals surface area contributed by atoms with Gasteiger partial charge in [-0.25, -0.2) is 4.98 Å². The summed E-state index contributed by atoms with van der Waals surface area (Å²) in [5.74, 6) is 5.24. The maximum atomic E-state index is 10.5. The van der Waals surface area contributed by atoms with Crippen molar-refractivity contribution in [3.05, 3.63) is 29.6 Å². The van der Waals surface area contributed by atoms with E-state index in [-0.39, 0.29) is 6.42 Å². The van der Waals surface area contributed by atoms with Crippen LogP contribution in [0.15, 0.2) is 18.3 Å². The summed E-state index contributed by atoms with van der Waals surface area (Å²) in [5, 5.41) is 8.23.